The first-order valence-corrected chi connectivity index (χ1v) is 7.53. The molecule has 7 heteroatoms. The summed E-state index contributed by atoms with van der Waals surface area (Å²) in [7, 11) is 0. The van der Waals surface area contributed by atoms with Crippen molar-refractivity contribution in [3.05, 3.63) is 34.5 Å². The highest BCUT2D eigenvalue weighted by Crippen LogP contribution is 2.35. The zero-order valence-electron chi connectivity index (χ0n) is 10.1. The van der Waals surface area contributed by atoms with Gasteiger partial charge in [0.15, 0.2) is 0 Å². The Morgan fingerprint density at radius 3 is 3.10 bits per heavy atom. The number of hydrogen-bond donors (Lipinski definition) is 2. The van der Waals surface area contributed by atoms with E-state index in [1.54, 1.807) is 17.5 Å². The van der Waals surface area contributed by atoms with Gasteiger partial charge in [-0.15, -0.1) is 11.3 Å². The van der Waals surface area contributed by atoms with Crippen LogP contribution in [0.25, 0.3) is 32.4 Å². The zero-order valence-corrected chi connectivity index (χ0v) is 12.5. The van der Waals surface area contributed by atoms with Crippen LogP contribution in [0.2, 0.25) is 0 Å². The van der Waals surface area contributed by atoms with Gasteiger partial charge in [-0.3, -0.25) is 0 Å². The van der Waals surface area contributed by atoms with E-state index in [4.69, 9.17) is 5.73 Å². The minimum absolute atomic E-state index is 0.286. The number of halogens is 1. The van der Waals surface area contributed by atoms with Gasteiger partial charge in [0.05, 0.1) is 27.6 Å². The number of nitrogens with one attached hydrogen (secondary N) is 1. The fourth-order valence-corrected chi connectivity index (χ4v) is 3.42. The van der Waals surface area contributed by atoms with E-state index < -0.39 is 0 Å². The number of H-pyrrole nitrogens is 1. The third kappa shape index (κ3) is 1.70. The largest absolute Gasteiger partial charge is 0.368 e. The Labute approximate surface area is 126 Å². The highest BCUT2D eigenvalue weighted by Gasteiger charge is 2.14. The molecular weight excluding hydrogens is 338 g/mol. The molecule has 98 valence electrons. The van der Waals surface area contributed by atoms with E-state index in [-0.39, 0.29) is 5.95 Å². The highest BCUT2D eigenvalue weighted by molar-refractivity contribution is 9.10. The van der Waals surface area contributed by atoms with Gasteiger partial charge in [0.2, 0.25) is 5.95 Å². The summed E-state index contributed by atoms with van der Waals surface area (Å²) in [4.78, 5) is 16.1. The van der Waals surface area contributed by atoms with Crippen LogP contribution in [0.1, 0.15) is 0 Å². The maximum Gasteiger partial charge on any atom is 0.221 e. The summed E-state index contributed by atoms with van der Waals surface area (Å²) in [6.07, 6.45) is 3.72. The Balaban J connectivity index is 2.10. The number of fused-ring (bicyclic) bond motifs is 2. The lowest BCUT2D eigenvalue weighted by molar-refractivity contribution is 1.25. The van der Waals surface area contributed by atoms with Crippen molar-refractivity contribution in [1.82, 2.24) is 19.9 Å². The maximum atomic E-state index is 5.81. The van der Waals surface area contributed by atoms with Crippen LogP contribution >= 0.6 is 27.3 Å². The van der Waals surface area contributed by atoms with Crippen LogP contribution in [0.4, 0.5) is 5.95 Å². The Kier molecular flexibility index (Phi) is 2.51. The maximum absolute atomic E-state index is 5.81. The standard InChI is InChI=1S/C13H8BrN5S/c14-10-3-6-7(4-16-9(6)5-17-10)11-12-8(1-2-20-12)18-13(15)19-11/h1-5,16H,(H2,15,18,19). The third-order valence-corrected chi connectivity index (χ3v) is 4.45. The van der Waals surface area contributed by atoms with Crippen LogP contribution in [0, 0.1) is 0 Å². The number of rotatable bonds is 1. The van der Waals surface area contributed by atoms with Gasteiger partial charge in [-0.1, -0.05) is 0 Å². The van der Waals surface area contributed by atoms with Gasteiger partial charge in [-0.05, 0) is 33.4 Å². The molecule has 0 radical (unpaired) electrons. The molecular formula is C13H8BrN5S. The molecule has 0 fully saturated rings. The third-order valence-electron chi connectivity index (χ3n) is 3.11. The van der Waals surface area contributed by atoms with E-state index in [9.17, 15) is 0 Å². The van der Waals surface area contributed by atoms with Crippen LogP contribution < -0.4 is 5.73 Å². The minimum atomic E-state index is 0.286. The summed E-state index contributed by atoms with van der Waals surface area (Å²) < 4.78 is 1.82. The van der Waals surface area contributed by atoms with Crippen molar-refractivity contribution >= 4 is 54.3 Å². The monoisotopic (exact) mass is 345 g/mol. The number of pyridine rings is 1. The quantitative estimate of drug-likeness (QED) is 0.516. The van der Waals surface area contributed by atoms with Crippen molar-refractivity contribution in [3.63, 3.8) is 0 Å². The molecule has 4 rings (SSSR count). The summed E-state index contributed by atoms with van der Waals surface area (Å²) >= 11 is 5.01. The zero-order chi connectivity index (χ0) is 13.7. The average molecular weight is 346 g/mol. The van der Waals surface area contributed by atoms with Crippen molar-refractivity contribution < 1.29 is 0 Å². The number of anilines is 1. The van der Waals surface area contributed by atoms with Crippen molar-refractivity contribution in [3.8, 4) is 11.3 Å². The van der Waals surface area contributed by atoms with E-state index >= 15 is 0 Å². The molecule has 0 saturated carbocycles. The first-order valence-electron chi connectivity index (χ1n) is 5.86. The van der Waals surface area contributed by atoms with Gasteiger partial charge < -0.3 is 10.7 Å². The van der Waals surface area contributed by atoms with Gasteiger partial charge in [0.1, 0.15) is 4.60 Å². The lowest BCUT2D eigenvalue weighted by Gasteiger charge is -2.02. The molecule has 0 aliphatic carbocycles. The summed E-state index contributed by atoms with van der Waals surface area (Å²) in [5, 5.41) is 3.05. The lowest BCUT2D eigenvalue weighted by atomic mass is 10.1. The van der Waals surface area contributed by atoms with Gasteiger partial charge in [0, 0.05) is 17.1 Å². The molecule has 0 bridgehead atoms. The van der Waals surface area contributed by atoms with Crippen molar-refractivity contribution in [2.24, 2.45) is 0 Å². The molecule has 0 spiro atoms. The predicted octanol–water partition coefficient (Wildman–Crippen LogP) is 3.58. The first kappa shape index (κ1) is 11.8. The normalized spacial score (nSPS) is 11.4. The number of aromatic nitrogens is 4. The molecule has 3 N–H and O–H groups in total. The SMILES string of the molecule is Nc1nc(-c2c[nH]c3cnc(Br)cc23)c2sccc2n1. The Morgan fingerprint density at radius 2 is 2.20 bits per heavy atom. The molecule has 0 aliphatic rings. The van der Waals surface area contributed by atoms with Gasteiger partial charge in [0.25, 0.3) is 0 Å². The first-order chi connectivity index (χ1) is 9.72. The second kappa shape index (κ2) is 4.26. The van der Waals surface area contributed by atoms with Crippen molar-refractivity contribution in [2.45, 2.75) is 0 Å². The fourth-order valence-electron chi connectivity index (χ4n) is 2.26. The molecule has 0 amide bonds. The smallest absolute Gasteiger partial charge is 0.221 e. The van der Waals surface area contributed by atoms with E-state index in [1.165, 1.54) is 0 Å². The van der Waals surface area contributed by atoms with Crippen molar-refractivity contribution in [1.29, 1.82) is 0 Å². The van der Waals surface area contributed by atoms with Gasteiger partial charge >= 0.3 is 0 Å². The second-order valence-corrected chi connectivity index (χ2v) is 6.05. The van der Waals surface area contributed by atoms with E-state index in [1.807, 2.05) is 23.7 Å². The number of nitrogens with zero attached hydrogens (tertiary/aromatic N) is 3. The number of thiophene rings is 1. The molecule has 0 aliphatic heterocycles. The van der Waals surface area contributed by atoms with E-state index in [0.717, 1.165) is 37.0 Å². The molecule has 4 aromatic heterocycles. The molecule has 4 heterocycles. The fraction of sp³-hybridized carbons (Fsp3) is 0. The molecule has 20 heavy (non-hydrogen) atoms. The predicted molar refractivity (Wildman–Crippen MR) is 84.6 cm³/mol. The average Bonchev–Trinajstić information content (AvgIpc) is 3.03. The van der Waals surface area contributed by atoms with Gasteiger partial charge in [-0.25, -0.2) is 15.0 Å². The lowest BCUT2D eigenvalue weighted by Crippen LogP contribution is -1.96. The van der Waals surface area contributed by atoms with Crippen LogP contribution in [0.3, 0.4) is 0 Å². The Morgan fingerprint density at radius 1 is 1.30 bits per heavy atom. The number of hydrogen-bond acceptors (Lipinski definition) is 5. The van der Waals surface area contributed by atoms with Crippen LogP contribution in [0.15, 0.2) is 34.5 Å². The molecule has 5 nitrogen and oxygen atoms in total. The van der Waals surface area contributed by atoms with Gasteiger partial charge in [-0.2, -0.15) is 0 Å². The topological polar surface area (TPSA) is 80.5 Å². The Bertz CT molecular complexity index is 942. The summed E-state index contributed by atoms with van der Waals surface area (Å²) in [5.74, 6) is 0.286. The molecule has 4 aromatic rings. The van der Waals surface area contributed by atoms with E-state index in [2.05, 4.69) is 35.9 Å². The molecule has 0 unspecified atom stereocenters. The Hall–Kier alpha value is -1.99. The van der Waals surface area contributed by atoms with Crippen LogP contribution in [0.5, 0.6) is 0 Å². The highest BCUT2D eigenvalue weighted by atomic mass is 79.9. The number of nitrogen functional groups attached to an aromatic ring is 1. The minimum Gasteiger partial charge on any atom is -0.368 e. The number of aromatic amines is 1. The van der Waals surface area contributed by atoms with Crippen molar-refractivity contribution in [2.75, 3.05) is 5.73 Å². The molecule has 0 aromatic carbocycles. The summed E-state index contributed by atoms with van der Waals surface area (Å²) in [6, 6.07) is 3.92. The second-order valence-electron chi connectivity index (χ2n) is 4.32. The van der Waals surface area contributed by atoms with Crippen LogP contribution in [-0.4, -0.2) is 19.9 Å². The summed E-state index contributed by atoms with van der Waals surface area (Å²) in [5.41, 5.74) is 9.51. The number of nitrogens with two attached hydrogens (primary N) is 1. The van der Waals surface area contributed by atoms with Crippen LogP contribution in [-0.2, 0) is 0 Å². The summed E-state index contributed by atoms with van der Waals surface area (Å²) in [6.45, 7) is 0. The molecule has 0 saturated heterocycles. The van der Waals surface area contributed by atoms with E-state index in [0.29, 0.717) is 0 Å². The molecule has 0 atom stereocenters.